The summed E-state index contributed by atoms with van der Waals surface area (Å²) in [6.45, 7) is 0.0734. The van der Waals surface area contributed by atoms with Gasteiger partial charge < -0.3 is 10.1 Å². The van der Waals surface area contributed by atoms with E-state index in [0.29, 0.717) is 17.3 Å². The van der Waals surface area contributed by atoms with E-state index in [1.807, 2.05) is 17.5 Å². The van der Waals surface area contributed by atoms with E-state index < -0.39 is 11.9 Å². The molecule has 22 heavy (non-hydrogen) atoms. The van der Waals surface area contributed by atoms with Crippen molar-refractivity contribution in [1.82, 2.24) is 10.6 Å². The second-order valence-electron chi connectivity index (χ2n) is 4.17. The van der Waals surface area contributed by atoms with Crippen LogP contribution < -0.4 is 15.4 Å². The molecule has 2 rings (SSSR count). The Morgan fingerprint density at radius 2 is 2.14 bits per heavy atom. The number of hydrogen-bond donors (Lipinski definition) is 2. The van der Waals surface area contributed by atoms with Gasteiger partial charge in [0.25, 0.3) is 5.91 Å². The number of thiophene rings is 1. The molecular weight excluding hydrogens is 392 g/mol. The number of amides is 3. The summed E-state index contributed by atoms with van der Waals surface area (Å²) in [6, 6.07) is 8.25. The largest absolute Gasteiger partial charge is 0.482 e. The van der Waals surface area contributed by atoms with Crippen molar-refractivity contribution in [1.29, 1.82) is 0 Å². The third-order valence-corrected chi connectivity index (χ3v) is 4.17. The Kier molecular flexibility index (Phi) is 6.23. The van der Waals surface area contributed by atoms with Crippen LogP contribution in [0.2, 0.25) is 5.02 Å². The van der Waals surface area contributed by atoms with Crippen molar-refractivity contribution < 1.29 is 14.3 Å². The van der Waals surface area contributed by atoms with Crippen LogP contribution in [0.25, 0.3) is 0 Å². The van der Waals surface area contributed by atoms with Crippen LogP contribution in [0.4, 0.5) is 4.79 Å². The van der Waals surface area contributed by atoms with Crippen LogP contribution in [-0.2, 0) is 11.3 Å². The Morgan fingerprint density at radius 3 is 2.82 bits per heavy atom. The van der Waals surface area contributed by atoms with Crippen molar-refractivity contribution in [2.24, 2.45) is 0 Å². The maximum atomic E-state index is 11.6. The molecule has 0 fully saturated rings. The molecule has 5 nitrogen and oxygen atoms in total. The lowest BCUT2D eigenvalue weighted by Crippen LogP contribution is -2.41. The second kappa shape index (κ2) is 8.17. The highest BCUT2D eigenvalue weighted by molar-refractivity contribution is 9.10. The number of hydrogen-bond acceptors (Lipinski definition) is 4. The van der Waals surface area contributed by atoms with Crippen LogP contribution in [0, 0.1) is 0 Å². The number of ether oxygens (including phenoxy) is 1. The zero-order chi connectivity index (χ0) is 15.9. The standard InChI is InChI=1S/C14H12BrClN2O3S/c15-9-3-4-12(11(16)6-9)21-8-13(19)18-14(20)17-7-10-2-1-5-22-10/h1-6H,7-8H2,(H2,17,18,19,20). The summed E-state index contributed by atoms with van der Waals surface area (Å²) in [5, 5.41) is 7.06. The summed E-state index contributed by atoms with van der Waals surface area (Å²) in [5.41, 5.74) is 0. The molecule has 1 aromatic heterocycles. The van der Waals surface area contributed by atoms with E-state index in [-0.39, 0.29) is 6.61 Å². The van der Waals surface area contributed by atoms with Crippen molar-refractivity contribution in [3.05, 3.63) is 50.1 Å². The van der Waals surface area contributed by atoms with E-state index in [0.717, 1.165) is 9.35 Å². The minimum Gasteiger partial charge on any atom is -0.482 e. The first-order valence-electron chi connectivity index (χ1n) is 6.22. The average molecular weight is 404 g/mol. The van der Waals surface area contributed by atoms with Gasteiger partial charge in [0.1, 0.15) is 5.75 Å². The third kappa shape index (κ3) is 5.32. The Morgan fingerprint density at radius 1 is 1.32 bits per heavy atom. The summed E-state index contributed by atoms with van der Waals surface area (Å²) in [7, 11) is 0. The molecule has 1 aromatic carbocycles. The quantitative estimate of drug-likeness (QED) is 0.802. The fraction of sp³-hybridized carbons (Fsp3) is 0.143. The zero-order valence-corrected chi connectivity index (χ0v) is 14.4. The lowest BCUT2D eigenvalue weighted by molar-refractivity contribution is -0.122. The van der Waals surface area contributed by atoms with E-state index in [9.17, 15) is 9.59 Å². The first kappa shape index (κ1) is 16.8. The number of benzene rings is 1. The molecule has 0 bridgehead atoms. The molecule has 3 amide bonds. The van der Waals surface area contributed by atoms with Crippen LogP contribution in [0.3, 0.4) is 0 Å². The van der Waals surface area contributed by atoms with Crippen LogP contribution in [0.5, 0.6) is 5.75 Å². The number of carbonyl (C=O) groups is 2. The lowest BCUT2D eigenvalue weighted by Gasteiger charge is -2.09. The van der Waals surface area contributed by atoms with Gasteiger partial charge in [0, 0.05) is 9.35 Å². The monoisotopic (exact) mass is 402 g/mol. The maximum absolute atomic E-state index is 11.6. The Bertz CT molecular complexity index is 664. The molecule has 0 aliphatic carbocycles. The van der Waals surface area contributed by atoms with E-state index >= 15 is 0 Å². The zero-order valence-electron chi connectivity index (χ0n) is 11.3. The molecule has 0 spiro atoms. The van der Waals surface area contributed by atoms with Gasteiger partial charge in [-0.05, 0) is 29.6 Å². The molecule has 1 heterocycles. The number of rotatable bonds is 5. The van der Waals surface area contributed by atoms with Crippen LogP contribution >= 0.6 is 38.9 Å². The van der Waals surface area contributed by atoms with Gasteiger partial charge in [0.15, 0.2) is 6.61 Å². The highest BCUT2D eigenvalue weighted by Gasteiger charge is 2.10. The predicted molar refractivity (Wildman–Crippen MR) is 89.3 cm³/mol. The molecule has 0 unspecified atom stereocenters. The lowest BCUT2D eigenvalue weighted by atomic mass is 10.3. The van der Waals surface area contributed by atoms with Gasteiger partial charge in [0.05, 0.1) is 11.6 Å². The fourth-order valence-corrected chi connectivity index (χ4v) is 2.90. The number of halogens is 2. The van der Waals surface area contributed by atoms with Crippen molar-refractivity contribution in [2.45, 2.75) is 6.54 Å². The number of imide groups is 1. The van der Waals surface area contributed by atoms with Crippen LogP contribution in [0.1, 0.15) is 4.88 Å². The van der Waals surface area contributed by atoms with E-state index in [1.165, 1.54) is 11.3 Å². The van der Waals surface area contributed by atoms with E-state index in [4.69, 9.17) is 16.3 Å². The van der Waals surface area contributed by atoms with E-state index in [2.05, 4.69) is 26.6 Å². The number of urea groups is 1. The van der Waals surface area contributed by atoms with Gasteiger partial charge in [-0.2, -0.15) is 0 Å². The van der Waals surface area contributed by atoms with Crippen LogP contribution in [0.15, 0.2) is 40.2 Å². The number of carbonyl (C=O) groups excluding carboxylic acids is 2. The summed E-state index contributed by atoms with van der Waals surface area (Å²) < 4.78 is 6.07. The van der Waals surface area contributed by atoms with Crippen molar-refractivity contribution in [3.63, 3.8) is 0 Å². The summed E-state index contributed by atoms with van der Waals surface area (Å²) >= 11 is 10.8. The van der Waals surface area contributed by atoms with Gasteiger partial charge in [-0.1, -0.05) is 33.6 Å². The minimum atomic E-state index is -0.566. The molecule has 116 valence electrons. The molecule has 0 radical (unpaired) electrons. The average Bonchev–Trinajstić information content (AvgIpc) is 2.97. The fourth-order valence-electron chi connectivity index (χ4n) is 1.52. The van der Waals surface area contributed by atoms with Gasteiger partial charge in [-0.25, -0.2) is 4.79 Å². The Hall–Kier alpha value is -1.57. The molecule has 8 heteroatoms. The minimum absolute atomic E-state index is 0.298. The van der Waals surface area contributed by atoms with Gasteiger partial charge in [-0.15, -0.1) is 11.3 Å². The third-order valence-electron chi connectivity index (χ3n) is 2.51. The first-order chi connectivity index (χ1) is 10.5. The van der Waals surface area contributed by atoms with E-state index in [1.54, 1.807) is 18.2 Å². The van der Waals surface area contributed by atoms with Crippen molar-refractivity contribution >= 4 is 50.8 Å². The molecular formula is C14H12BrClN2O3S. The highest BCUT2D eigenvalue weighted by atomic mass is 79.9. The smallest absolute Gasteiger partial charge is 0.321 e. The molecule has 0 aliphatic heterocycles. The molecule has 2 N–H and O–H groups in total. The summed E-state index contributed by atoms with van der Waals surface area (Å²) in [5.74, 6) is -0.179. The predicted octanol–water partition coefficient (Wildman–Crippen LogP) is 3.57. The highest BCUT2D eigenvalue weighted by Crippen LogP contribution is 2.27. The van der Waals surface area contributed by atoms with Crippen LogP contribution in [-0.4, -0.2) is 18.5 Å². The molecule has 0 saturated heterocycles. The maximum Gasteiger partial charge on any atom is 0.321 e. The molecule has 2 aromatic rings. The normalized spacial score (nSPS) is 10.1. The SMILES string of the molecule is O=C(COc1ccc(Br)cc1Cl)NC(=O)NCc1cccs1. The summed E-state index contributed by atoms with van der Waals surface area (Å²) in [6.07, 6.45) is 0. The van der Waals surface area contributed by atoms with Gasteiger partial charge in [0.2, 0.25) is 0 Å². The molecule has 0 aliphatic rings. The van der Waals surface area contributed by atoms with Gasteiger partial charge in [-0.3, -0.25) is 10.1 Å². The number of nitrogens with one attached hydrogen (secondary N) is 2. The van der Waals surface area contributed by atoms with Crippen molar-refractivity contribution in [3.8, 4) is 5.75 Å². The Balaban J connectivity index is 1.74. The molecule has 0 atom stereocenters. The second-order valence-corrected chi connectivity index (χ2v) is 6.53. The summed E-state index contributed by atoms with van der Waals surface area (Å²) in [4.78, 5) is 24.2. The van der Waals surface area contributed by atoms with Gasteiger partial charge >= 0.3 is 6.03 Å². The molecule has 0 saturated carbocycles. The van der Waals surface area contributed by atoms with Crippen molar-refractivity contribution in [2.75, 3.05) is 6.61 Å². The first-order valence-corrected chi connectivity index (χ1v) is 8.27. The topological polar surface area (TPSA) is 67.4 Å². The Labute approximate surface area is 144 Å².